The van der Waals surface area contributed by atoms with Crippen molar-refractivity contribution in [2.75, 3.05) is 32.1 Å². The van der Waals surface area contributed by atoms with E-state index in [0.29, 0.717) is 41.2 Å². The molecule has 11 heteroatoms. The summed E-state index contributed by atoms with van der Waals surface area (Å²) >= 11 is 0. The summed E-state index contributed by atoms with van der Waals surface area (Å²) in [7, 11) is 4.04. The number of hydrogen-bond acceptors (Lipinski definition) is 9. The molecule has 0 bridgehead atoms. The van der Waals surface area contributed by atoms with E-state index in [1.54, 1.807) is 31.5 Å². The van der Waals surface area contributed by atoms with E-state index in [4.69, 9.17) is 14.6 Å². The fraction of sp³-hybridized carbons (Fsp3) is 0.464. The molecule has 1 saturated heterocycles. The lowest BCUT2D eigenvalue weighted by Gasteiger charge is -2.31. The summed E-state index contributed by atoms with van der Waals surface area (Å²) < 4.78 is 16.0. The molecule has 1 fully saturated rings. The minimum Gasteiger partial charge on any atom is -0.456 e. The van der Waals surface area contributed by atoms with Gasteiger partial charge in [0.2, 0.25) is 5.95 Å². The maximum atomic E-state index is 11.5. The van der Waals surface area contributed by atoms with Gasteiger partial charge in [0.25, 0.3) is 0 Å². The Labute approximate surface area is 228 Å². The van der Waals surface area contributed by atoms with E-state index in [1.165, 1.54) is 0 Å². The van der Waals surface area contributed by atoms with Crippen molar-refractivity contribution in [2.45, 2.75) is 52.2 Å². The van der Waals surface area contributed by atoms with Gasteiger partial charge < -0.3 is 24.3 Å². The molecular weight excluding hydrogens is 496 g/mol. The van der Waals surface area contributed by atoms with Crippen molar-refractivity contribution in [2.24, 2.45) is 7.05 Å². The Kier molecular flexibility index (Phi) is 7.37. The number of morpholine rings is 1. The van der Waals surface area contributed by atoms with Crippen LogP contribution in [0.25, 0.3) is 11.2 Å². The second-order valence-electron chi connectivity index (χ2n) is 11.2. The maximum Gasteiger partial charge on any atom is 0.210 e. The van der Waals surface area contributed by atoms with Gasteiger partial charge in [-0.1, -0.05) is 20.8 Å². The number of Topliss-reactive ketones (excluding diaryl/α,β-unsaturated/α-hetero) is 1. The number of rotatable bonds is 8. The Morgan fingerprint density at radius 2 is 2.00 bits per heavy atom. The van der Waals surface area contributed by atoms with Crippen molar-refractivity contribution in [1.82, 2.24) is 34.2 Å². The Bertz CT molecular complexity index is 1490. The van der Waals surface area contributed by atoms with Crippen LogP contribution in [0.2, 0.25) is 0 Å². The zero-order chi connectivity index (χ0) is 27.7. The number of aromatic nitrogens is 6. The highest BCUT2D eigenvalue weighted by Gasteiger charge is 2.25. The van der Waals surface area contributed by atoms with Crippen LogP contribution in [0.3, 0.4) is 0 Å². The van der Waals surface area contributed by atoms with Crippen molar-refractivity contribution in [1.29, 1.82) is 0 Å². The third-order valence-electron chi connectivity index (χ3n) is 6.67. The van der Waals surface area contributed by atoms with E-state index in [1.807, 2.05) is 22.4 Å². The minimum absolute atomic E-state index is 0.0482. The van der Waals surface area contributed by atoms with Crippen LogP contribution < -0.4 is 10.1 Å². The van der Waals surface area contributed by atoms with E-state index in [-0.39, 0.29) is 23.7 Å². The number of fused-ring (bicyclic) bond motifs is 1. The number of anilines is 2. The molecule has 206 valence electrons. The number of imidazole rings is 1. The highest BCUT2D eigenvalue weighted by Crippen LogP contribution is 2.29. The lowest BCUT2D eigenvalue weighted by Crippen LogP contribution is -2.42. The average Bonchev–Trinajstić information content (AvgIpc) is 3.40. The van der Waals surface area contributed by atoms with Crippen molar-refractivity contribution < 1.29 is 14.3 Å². The first-order chi connectivity index (χ1) is 18.5. The molecule has 0 spiro atoms. The van der Waals surface area contributed by atoms with Crippen LogP contribution in [0.1, 0.15) is 39.1 Å². The molecule has 0 saturated carbocycles. The van der Waals surface area contributed by atoms with Crippen molar-refractivity contribution in [3.8, 4) is 11.5 Å². The summed E-state index contributed by atoms with van der Waals surface area (Å²) in [5.74, 6) is 2.55. The molecule has 39 heavy (non-hydrogen) atoms. The number of pyridine rings is 2. The number of aryl methyl sites for hydroxylation is 1. The van der Waals surface area contributed by atoms with E-state index in [2.05, 4.69) is 59.1 Å². The second kappa shape index (κ2) is 10.7. The summed E-state index contributed by atoms with van der Waals surface area (Å²) in [6, 6.07) is 7.49. The Morgan fingerprint density at radius 1 is 1.18 bits per heavy atom. The highest BCUT2D eigenvalue weighted by molar-refractivity contribution is 5.78. The van der Waals surface area contributed by atoms with Crippen molar-refractivity contribution in [3.63, 3.8) is 0 Å². The summed E-state index contributed by atoms with van der Waals surface area (Å²) in [5.41, 5.74) is 3.09. The predicted octanol–water partition coefficient (Wildman–Crippen LogP) is 3.86. The predicted molar refractivity (Wildman–Crippen MR) is 149 cm³/mol. The summed E-state index contributed by atoms with van der Waals surface area (Å²) in [6.07, 6.45) is 3.63. The SMILES string of the molecule is CC(=O)Cc1cc(Oc2cnc3nc(Nc4cc(C(C)(C)C)n(CC5CN(C)CCO5)n4)n(C)c3c2)ccn1. The molecule has 0 aliphatic carbocycles. The van der Waals surface area contributed by atoms with Gasteiger partial charge in [-0.2, -0.15) is 10.1 Å². The van der Waals surface area contributed by atoms with Crippen LogP contribution in [0, 0.1) is 0 Å². The molecule has 0 aromatic carbocycles. The first-order valence-electron chi connectivity index (χ1n) is 13.2. The monoisotopic (exact) mass is 532 g/mol. The number of nitrogens with zero attached hydrogens (tertiary/aromatic N) is 7. The van der Waals surface area contributed by atoms with E-state index >= 15 is 0 Å². The number of ether oxygens (including phenoxy) is 2. The van der Waals surface area contributed by atoms with Gasteiger partial charge in [0.15, 0.2) is 11.5 Å². The molecule has 11 nitrogen and oxygen atoms in total. The summed E-state index contributed by atoms with van der Waals surface area (Å²) in [4.78, 5) is 27.2. The van der Waals surface area contributed by atoms with Crippen LogP contribution >= 0.6 is 0 Å². The standard InChI is InChI=1S/C28H36N8O3/c1-18(37)11-19-12-20(7-8-29-19)39-21-13-23-26(30-15-21)32-27(35(23)6)31-25-14-24(28(2,3)4)36(33-25)17-22-16-34(5)9-10-38-22/h7-8,12-15,22H,9-11,16-17H2,1-6H3,(H,30,31,32,33). The van der Waals surface area contributed by atoms with Crippen LogP contribution in [0.15, 0.2) is 36.7 Å². The number of carbonyl (C=O) groups excluding carboxylic acids is 1. The minimum atomic E-state index is -0.0924. The average molecular weight is 533 g/mol. The molecule has 1 aliphatic rings. The molecule has 0 amide bonds. The van der Waals surface area contributed by atoms with Crippen LogP contribution in [-0.2, 0) is 35.0 Å². The lowest BCUT2D eigenvalue weighted by atomic mass is 9.92. The Hall–Kier alpha value is -3.83. The third-order valence-corrected chi connectivity index (χ3v) is 6.67. The fourth-order valence-corrected chi connectivity index (χ4v) is 4.73. The third kappa shape index (κ3) is 6.26. The van der Waals surface area contributed by atoms with Gasteiger partial charge in [-0.25, -0.2) is 4.98 Å². The van der Waals surface area contributed by atoms with Crippen molar-refractivity contribution in [3.05, 3.63) is 48.0 Å². The van der Waals surface area contributed by atoms with Crippen LogP contribution in [0.5, 0.6) is 11.5 Å². The van der Waals surface area contributed by atoms with Gasteiger partial charge in [0.05, 0.1) is 36.7 Å². The maximum absolute atomic E-state index is 11.5. The number of ketones is 1. The van der Waals surface area contributed by atoms with Gasteiger partial charge in [0.1, 0.15) is 17.3 Å². The lowest BCUT2D eigenvalue weighted by molar-refractivity contribution is -0.116. The molecule has 4 aromatic rings. The number of likely N-dealkylation sites (N-methyl/N-ethyl adjacent to an activating group) is 1. The first kappa shape index (κ1) is 26.8. The molecular formula is C28H36N8O3. The van der Waals surface area contributed by atoms with E-state index < -0.39 is 0 Å². The molecule has 0 radical (unpaired) electrons. The molecule has 4 aromatic heterocycles. The van der Waals surface area contributed by atoms with Gasteiger partial charge in [-0.15, -0.1) is 0 Å². The topological polar surface area (TPSA) is 112 Å². The molecule has 1 aliphatic heterocycles. The molecule has 1 N–H and O–H groups in total. The van der Waals surface area contributed by atoms with E-state index in [0.717, 1.165) is 30.9 Å². The zero-order valence-electron chi connectivity index (χ0n) is 23.4. The molecule has 1 atom stereocenters. The van der Waals surface area contributed by atoms with Crippen LogP contribution in [0.4, 0.5) is 11.8 Å². The fourth-order valence-electron chi connectivity index (χ4n) is 4.73. The normalized spacial score (nSPS) is 16.5. The quantitative estimate of drug-likeness (QED) is 0.361. The molecule has 1 unspecified atom stereocenters. The second-order valence-corrected chi connectivity index (χ2v) is 11.2. The number of carbonyl (C=O) groups is 1. The largest absolute Gasteiger partial charge is 0.456 e. The number of nitrogens with one attached hydrogen (secondary N) is 1. The summed E-state index contributed by atoms with van der Waals surface area (Å²) in [5, 5.41) is 8.27. The number of hydrogen-bond donors (Lipinski definition) is 1. The zero-order valence-corrected chi connectivity index (χ0v) is 23.4. The smallest absolute Gasteiger partial charge is 0.210 e. The van der Waals surface area contributed by atoms with Gasteiger partial charge in [-0.05, 0) is 20.0 Å². The van der Waals surface area contributed by atoms with Gasteiger partial charge in [-0.3, -0.25) is 14.5 Å². The van der Waals surface area contributed by atoms with Gasteiger partial charge in [0, 0.05) is 62.1 Å². The van der Waals surface area contributed by atoms with Crippen LogP contribution in [-0.4, -0.2) is 72.8 Å². The van der Waals surface area contributed by atoms with Crippen molar-refractivity contribution >= 4 is 28.7 Å². The summed E-state index contributed by atoms with van der Waals surface area (Å²) in [6.45, 7) is 11.3. The Balaban J connectivity index is 1.37. The Morgan fingerprint density at radius 3 is 2.74 bits per heavy atom. The first-order valence-corrected chi connectivity index (χ1v) is 13.2. The molecule has 5 heterocycles. The molecule has 5 rings (SSSR count). The highest BCUT2D eigenvalue weighted by atomic mass is 16.5. The van der Waals surface area contributed by atoms with E-state index in [9.17, 15) is 4.79 Å². The van der Waals surface area contributed by atoms with Gasteiger partial charge >= 0.3 is 0 Å².